The van der Waals surface area contributed by atoms with Crippen molar-refractivity contribution in [3.8, 4) is 0 Å². The van der Waals surface area contributed by atoms with E-state index in [4.69, 9.17) is 9.84 Å². The van der Waals surface area contributed by atoms with Gasteiger partial charge in [-0.25, -0.2) is 4.79 Å². The molecule has 0 amide bonds. The van der Waals surface area contributed by atoms with E-state index in [0.717, 1.165) is 31.6 Å². The van der Waals surface area contributed by atoms with Gasteiger partial charge < -0.3 is 14.7 Å². The lowest BCUT2D eigenvalue weighted by Crippen LogP contribution is -2.40. The number of anilines is 1. The van der Waals surface area contributed by atoms with E-state index in [-0.39, 0.29) is 11.7 Å². The molecule has 0 aliphatic carbocycles. The predicted molar refractivity (Wildman–Crippen MR) is 63.4 cm³/mol. The molecule has 2 rings (SSSR count). The quantitative estimate of drug-likeness (QED) is 0.859. The van der Waals surface area contributed by atoms with Gasteiger partial charge in [0.05, 0.1) is 11.8 Å². The van der Waals surface area contributed by atoms with E-state index < -0.39 is 5.97 Å². The number of ether oxygens (including phenoxy) is 1. The van der Waals surface area contributed by atoms with Crippen molar-refractivity contribution in [2.75, 3.05) is 25.1 Å². The minimum absolute atomic E-state index is 0.179. The average molecular weight is 236 g/mol. The minimum atomic E-state index is -0.937. The molecule has 0 spiro atoms. The fourth-order valence-electron chi connectivity index (χ4n) is 2.18. The summed E-state index contributed by atoms with van der Waals surface area (Å²) in [6.07, 6.45) is 5.24. The number of carbonyl (C=O) groups is 1. The fraction of sp³-hybridized carbons (Fsp3) is 0.500. The second-order valence-corrected chi connectivity index (χ2v) is 4.14. The van der Waals surface area contributed by atoms with Crippen molar-refractivity contribution in [2.24, 2.45) is 0 Å². The van der Waals surface area contributed by atoms with E-state index in [1.807, 2.05) is 0 Å². The van der Waals surface area contributed by atoms with Crippen molar-refractivity contribution in [1.82, 2.24) is 4.98 Å². The molecule has 1 aliphatic rings. The van der Waals surface area contributed by atoms with Crippen LogP contribution in [0.1, 0.15) is 23.2 Å². The molecular weight excluding hydrogens is 220 g/mol. The summed E-state index contributed by atoms with van der Waals surface area (Å²) in [7, 11) is 1.69. The molecule has 1 aliphatic heterocycles. The Balaban J connectivity index is 2.24. The topological polar surface area (TPSA) is 62.7 Å². The lowest BCUT2D eigenvalue weighted by atomic mass is 10.1. The zero-order valence-corrected chi connectivity index (χ0v) is 9.80. The molecule has 1 saturated heterocycles. The molecule has 5 heteroatoms. The third-order valence-electron chi connectivity index (χ3n) is 3.08. The molecule has 17 heavy (non-hydrogen) atoms. The van der Waals surface area contributed by atoms with Crippen LogP contribution >= 0.6 is 0 Å². The minimum Gasteiger partial charge on any atom is -0.478 e. The summed E-state index contributed by atoms with van der Waals surface area (Å²) < 4.78 is 5.34. The third kappa shape index (κ3) is 2.55. The maximum atomic E-state index is 11.1. The zero-order chi connectivity index (χ0) is 12.3. The molecule has 2 heterocycles. The van der Waals surface area contributed by atoms with E-state index >= 15 is 0 Å². The van der Waals surface area contributed by atoms with Gasteiger partial charge in [-0.2, -0.15) is 0 Å². The Hall–Kier alpha value is -1.62. The summed E-state index contributed by atoms with van der Waals surface area (Å²) in [5, 5.41) is 9.12. The largest absolute Gasteiger partial charge is 0.478 e. The van der Waals surface area contributed by atoms with Crippen LogP contribution < -0.4 is 4.90 Å². The van der Waals surface area contributed by atoms with E-state index in [2.05, 4.69) is 9.88 Å². The lowest BCUT2D eigenvalue weighted by Gasteiger charge is -2.34. The first-order valence-electron chi connectivity index (χ1n) is 5.67. The Morgan fingerprint density at radius 3 is 3.18 bits per heavy atom. The Morgan fingerprint density at radius 1 is 1.65 bits per heavy atom. The summed E-state index contributed by atoms with van der Waals surface area (Å²) in [6.45, 7) is 1.60. The lowest BCUT2D eigenvalue weighted by molar-refractivity contribution is 0.0694. The van der Waals surface area contributed by atoms with Gasteiger partial charge in [0.15, 0.2) is 0 Å². The first kappa shape index (κ1) is 11.9. The van der Waals surface area contributed by atoms with Gasteiger partial charge in [0.25, 0.3) is 0 Å². The second kappa shape index (κ2) is 5.14. The van der Waals surface area contributed by atoms with Gasteiger partial charge >= 0.3 is 5.97 Å². The molecule has 0 bridgehead atoms. The van der Waals surface area contributed by atoms with Crippen LogP contribution in [-0.4, -0.2) is 42.4 Å². The number of carboxylic acids is 1. The molecule has 1 unspecified atom stereocenters. The smallest absolute Gasteiger partial charge is 0.339 e. The number of carboxylic acid groups (broad SMARTS) is 1. The molecule has 1 atom stereocenters. The van der Waals surface area contributed by atoms with Crippen molar-refractivity contribution < 1.29 is 14.6 Å². The molecule has 92 valence electrons. The van der Waals surface area contributed by atoms with E-state index in [9.17, 15) is 4.79 Å². The van der Waals surface area contributed by atoms with Crippen molar-refractivity contribution in [3.63, 3.8) is 0 Å². The van der Waals surface area contributed by atoms with Crippen LogP contribution in [0.15, 0.2) is 18.5 Å². The number of piperidine rings is 1. The average Bonchev–Trinajstić information content (AvgIpc) is 2.39. The Kier molecular flexibility index (Phi) is 3.58. The van der Waals surface area contributed by atoms with Crippen LogP contribution in [0.5, 0.6) is 0 Å². The number of pyridine rings is 1. The third-order valence-corrected chi connectivity index (χ3v) is 3.08. The summed E-state index contributed by atoms with van der Waals surface area (Å²) >= 11 is 0. The monoisotopic (exact) mass is 236 g/mol. The first-order valence-corrected chi connectivity index (χ1v) is 5.67. The number of hydrogen-bond donors (Lipinski definition) is 1. The van der Waals surface area contributed by atoms with Gasteiger partial charge in [-0.15, -0.1) is 0 Å². The highest BCUT2D eigenvalue weighted by atomic mass is 16.5. The van der Waals surface area contributed by atoms with Crippen LogP contribution in [0.25, 0.3) is 0 Å². The summed E-state index contributed by atoms with van der Waals surface area (Å²) in [5.74, 6) is -0.937. The van der Waals surface area contributed by atoms with Crippen LogP contribution in [0.4, 0.5) is 5.69 Å². The molecule has 0 radical (unpaired) electrons. The molecule has 1 N–H and O–H groups in total. The highest BCUT2D eigenvalue weighted by Gasteiger charge is 2.23. The maximum Gasteiger partial charge on any atom is 0.339 e. The normalized spacial score (nSPS) is 20.3. The number of hydrogen-bond acceptors (Lipinski definition) is 4. The van der Waals surface area contributed by atoms with Crippen LogP contribution in [0.2, 0.25) is 0 Å². The van der Waals surface area contributed by atoms with Crippen molar-refractivity contribution in [1.29, 1.82) is 0 Å². The molecule has 5 nitrogen and oxygen atoms in total. The van der Waals surface area contributed by atoms with Crippen molar-refractivity contribution in [3.05, 3.63) is 24.0 Å². The molecule has 1 fully saturated rings. The first-order chi connectivity index (χ1) is 8.22. The Morgan fingerprint density at radius 2 is 2.47 bits per heavy atom. The maximum absolute atomic E-state index is 11.1. The second-order valence-electron chi connectivity index (χ2n) is 4.14. The van der Waals surface area contributed by atoms with E-state index in [0.29, 0.717) is 0 Å². The van der Waals surface area contributed by atoms with Gasteiger partial charge in [0.1, 0.15) is 5.56 Å². The van der Waals surface area contributed by atoms with Gasteiger partial charge in [-0.1, -0.05) is 0 Å². The molecular formula is C12H16N2O3. The fourth-order valence-corrected chi connectivity index (χ4v) is 2.18. The number of methoxy groups -OCH3 is 1. The van der Waals surface area contributed by atoms with Crippen molar-refractivity contribution in [2.45, 2.75) is 18.9 Å². The number of rotatable bonds is 3. The van der Waals surface area contributed by atoms with Gasteiger partial charge in [-0.05, 0) is 18.9 Å². The van der Waals surface area contributed by atoms with Gasteiger partial charge in [0.2, 0.25) is 0 Å². The summed E-state index contributed by atoms with van der Waals surface area (Å²) in [5.41, 5.74) is 0.985. The highest BCUT2D eigenvalue weighted by Crippen LogP contribution is 2.24. The van der Waals surface area contributed by atoms with E-state index in [1.165, 1.54) is 6.20 Å². The standard InChI is InChI=1S/C12H16N2O3/c1-17-9-3-2-6-14(8-9)11-4-5-13-7-10(11)12(15)16/h4-5,7,9H,2-3,6,8H2,1H3,(H,15,16). The predicted octanol–water partition coefficient (Wildman–Crippen LogP) is 1.40. The molecule has 1 aromatic heterocycles. The van der Waals surface area contributed by atoms with Crippen LogP contribution in [-0.2, 0) is 4.74 Å². The van der Waals surface area contributed by atoms with Gasteiger partial charge in [-0.3, -0.25) is 4.98 Å². The molecule has 0 saturated carbocycles. The molecule has 0 aromatic carbocycles. The van der Waals surface area contributed by atoms with Gasteiger partial charge in [0, 0.05) is 32.6 Å². The highest BCUT2D eigenvalue weighted by molar-refractivity contribution is 5.94. The number of aromatic nitrogens is 1. The SMILES string of the molecule is COC1CCCN(c2ccncc2C(=O)O)C1. The summed E-state index contributed by atoms with van der Waals surface area (Å²) in [4.78, 5) is 17.0. The zero-order valence-electron chi connectivity index (χ0n) is 9.80. The van der Waals surface area contributed by atoms with Crippen LogP contribution in [0.3, 0.4) is 0 Å². The number of aromatic carboxylic acids is 1. The number of nitrogens with zero attached hydrogens (tertiary/aromatic N) is 2. The summed E-state index contributed by atoms with van der Waals surface area (Å²) in [6, 6.07) is 1.75. The Bertz CT molecular complexity index is 408. The van der Waals surface area contributed by atoms with E-state index in [1.54, 1.807) is 19.4 Å². The molecule has 1 aromatic rings. The van der Waals surface area contributed by atoms with Crippen LogP contribution in [0, 0.1) is 0 Å². The Labute approximate surface area is 100 Å². The van der Waals surface area contributed by atoms with Crippen molar-refractivity contribution >= 4 is 11.7 Å².